The zero-order chi connectivity index (χ0) is 11.9. The third-order valence-electron chi connectivity index (χ3n) is 2.42. The molecule has 0 aliphatic heterocycles. The highest BCUT2D eigenvalue weighted by atomic mass is 35.5. The zero-order valence-electron chi connectivity index (χ0n) is 9.44. The van der Waals surface area contributed by atoms with Crippen molar-refractivity contribution in [1.29, 1.82) is 0 Å². The molecule has 0 nitrogen and oxygen atoms in total. The van der Waals surface area contributed by atoms with Gasteiger partial charge in [0.2, 0.25) is 0 Å². The summed E-state index contributed by atoms with van der Waals surface area (Å²) in [7, 11) is 0. The Morgan fingerprint density at radius 1 is 0.941 bits per heavy atom. The molecular weight excluding hydrogens is 228 g/mol. The normalized spacial score (nSPS) is 9.47. The van der Waals surface area contributed by atoms with Crippen LogP contribution in [0.5, 0.6) is 0 Å². The van der Waals surface area contributed by atoms with Crippen LogP contribution in [-0.4, -0.2) is 0 Å². The van der Waals surface area contributed by atoms with E-state index in [4.69, 9.17) is 11.6 Å². The molecule has 0 amide bonds. The molecule has 17 heavy (non-hydrogen) atoms. The van der Waals surface area contributed by atoms with Crippen LogP contribution < -0.4 is 0 Å². The standard InChI is InChI=1S/C16H13Cl/c17-16-12-10-15(11-13-16)9-5-4-8-14-6-2-1-3-7-14/h1-4,6-7,9-13H,8H2. The highest BCUT2D eigenvalue weighted by molar-refractivity contribution is 6.30. The summed E-state index contributed by atoms with van der Waals surface area (Å²) in [6.45, 7) is 0. The van der Waals surface area contributed by atoms with Gasteiger partial charge in [-0.3, -0.25) is 0 Å². The fraction of sp³-hybridized carbons (Fsp3) is 0.0625. The van der Waals surface area contributed by atoms with Gasteiger partial charge in [0.1, 0.15) is 0 Å². The second-order valence-corrected chi connectivity index (χ2v) is 4.19. The topological polar surface area (TPSA) is 0 Å². The third kappa shape index (κ3) is 3.96. The van der Waals surface area contributed by atoms with Gasteiger partial charge >= 0.3 is 0 Å². The lowest BCUT2D eigenvalue weighted by atomic mass is 10.1. The first-order valence-electron chi connectivity index (χ1n) is 5.55. The molecule has 2 aromatic rings. The van der Waals surface area contributed by atoms with Crippen LogP contribution in [0.3, 0.4) is 0 Å². The molecule has 1 heteroatoms. The first kappa shape index (κ1) is 11.7. The Morgan fingerprint density at radius 2 is 1.65 bits per heavy atom. The molecule has 0 unspecified atom stereocenters. The molecule has 0 fully saturated rings. The van der Waals surface area contributed by atoms with E-state index >= 15 is 0 Å². The minimum Gasteiger partial charge on any atom is -0.124 e. The maximum absolute atomic E-state index is 5.81. The number of benzene rings is 2. The van der Waals surface area contributed by atoms with Crippen molar-refractivity contribution in [3.8, 4) is 0 Å². The van der Waals surface area contributed by atoms with Crippen molar-refractivity contribution >= 4 is 17.7 Å². The molecule has 0 radical (unpaired) electrons. The number of hydrogen-bond acceptors (Lipinski definition) is 0. The molecule has 2 rings (SSSR count). The Hall–Kier alpha value is -1.75. The van der Waals surface area contributed by atoms with Crippen LogP contribution in [0.25, 0.3) is 6.08 Å². The lowest BCUT2D eigenvalue weighted by Gasteiger charge is -1.92. The fourth-order valence-electron chi connectivity index (χ4n) is 1.51. The first-order chi connectivity index (χ1) is 8.34. The van der Waals surface area contributed by atoms with Crippen LogP contribution >= 0.6 is 11.6 Å². The van der Waals surface area contributed by atoms with E-state index in [9.17, 15) is 0 Å². The summed E-state index contributed by atoms with van der Waals surface area (Å²) in [5, 5.41) is 0.760. The molecule has 0 heterocycles. The van der Waals surface area contributed by atoms with Crippen LogP contribution in [0.1, 0.15) is 11.1 Å². The van der Waals surface area contributed by atoms with E-state index in [1.807, 2.05) is 54.6 Å². The zero-order valence-corrected chi connectivity index (χ0v) is 10.2. The van der Waals surface area contributed by atoms with Gasteiger partial charge in [-0.1, -0.05) is 54.1 Å². The van der Waals surface area contributed by atoms with Gasteiger partial charge in [-0.25, -0.2) is 0 Å². The molecular formula is C16H13Cl. The molecule has 0 bridgehead atoms. The molecule has 0 aliphatic rings. The molecule has 0 saturated heterocycles. The van der Waals surface area contributed by atoms with E-state index in [-0.39, 0.29) is 0 Å². The second kappa shape index (κ2) is 6.10. The maximum atomic E-state index is 5.81. The Morgan fingerprint density at radius 3 is 2.35 bits per heavy atom. The number of rotatable bonds is 3. The summed E-state index contributed by atoms with van der Waals surface area (Å²) in [6.07, 6.45) is 4.90. The molecule has 0 spiro atoms. The monoisotopic (exact) mass is 240 g/mol. The van der Waals surface area contributed by atoms with Gasteiger partial charge in [-0.15, -0.1) is 5.73 Å². The largest absolute Gasteiger partial charge is 0.124 e. The summed E-state index contributed by atoms with van der Waals surface area (Å²) in [6, 6.07) is 18.1. The summed E-state index contributed by atoms with van der Waals surface area (Å²) in [4.78, 5) is 0. The summed E-state index contributed by atoms with van der Waals surface area (Å²) in [5.74, 6) is 0. The second-order valence-electron chi connectivity index (χ2n) is 3.76. The van der Waals surface area contributed by atoms with E-state index in [1.165, 1.54) is 5.56 Å². The summed E-state index contributed by atoms with van der Waals surface area (Å²) >= 11 is 5.81. The molecule has 0 atom stereocenters. The van der Waals surface area contributed by atoms with Crippen molar-refractivity contribution < 1.29 is 0 Å². The van der Waals surface area contributed by atoms with E-state index in [2.05, 4.69) is 17.9 Å². The van der Waals surface area contributed by atoms with Crippen molar-refractivity contribution in [2.45, 2.75) is 6.42 Å². The van der Waals surface area contributed by atoms with Crippen molar-refractivity contribution in [2.75, 3.05) is 0 Å². The van der Waals surface area contributed by atoms with E-state index < -0.39 is 0 Å². The van der Waals surface area contributed by atoms with Gasteiger partial charge in [0.15, 0.2) is 0 Å². The number of halogens is 1. The van der Waals surface area contributed by atoms with Gasteiger partial charge in [-0.05, 0) is 41.8 Å². The van der Waals surface area contributed by atoms with Crippen molar-refractivity contribution in [1.82, 2.24) is 0 Å². The summed E-state index contributed by atoms with van der Waals surface area (Å²) in [5.41, 5.74) is 5.58. The molecule has 0 N–H and O–H groups in total. The third-order valence-corrected chi connectivity index (χ3v) is 2.67. The van der Waals surface area contributed by atoms with Crippen LogP contribution in [0, 0.1) is 0 Å². The Bertz CT molecular complexity index is 517. The molecule has 84 valence electrons. The molecule has 0 aromatic heterocycles. The van der Waals surface area contributed by atoms with E-state index in [0.29, 0.717) is 0 Å². The van der Waals surface area contributed by atoms with Crippen LogP contribution in [-0.2, 0) is 6.42 Å². The predicted molar refractivity (Wildman–Crippen MR) is 74.1 cm³/mol. The quantitative estimate of drug-likeness (QED) is 0.679. The molecule has 0 aliphatic carbocycles. The van der Waals surface area contributed by atoms with Crippen molar-refractivity contribution in [3.05, 3.63) is 82.6 Å². The van der Waals surface area contributed by atoms with E-state index in [0.717, 1.165) is 17.0 Å². The number of allylic oxidation sites excluding steroid dienone is 1. The number of hydrogen-bond donors (Lipinski definition) is 0. The van der Waals surface area contributed by atoms with Gasteiger partial charge in [-0.2, -0.15) is 0 Å². The van der Waals surface area contributed by atoms with Gasteiger partial charge in [0.25, 0.3) is 0 Å². The minimum absolute atomic E-state index is 0.760. The maximum Gasteiger partial charge on any atom is 0.0406 e. The van der Waals surface area contributed by atoms with E-state index in [1.54, 1.807) is 0 Å². The Balaban J connectivity index is 1.99. The lowest BCUT2D eigenvalue weighted by molar-refractivity contribution is 1.28. The minimum atomic E-state index is 0.760. The van der Waals surface area contributed by atoms with Crippen molar-refractivity contribution in [2.24, 2.45) is 0 Å². The predicted octanol–water partition coefficient (Wildman–Crippen LogP) is 4.75. The smallest absolute Gasteiger partial charge is 0.0406 e. The van der Waals surface area contributed by atoms with Gasteiger partial charge in [0.05, 0.1) is 0 Å². The average molecular weight is 241 g/mol. The fourth-order valence-corrected chi connectivity index (χ4v) is 1.63. The van der Waals surface area contributed by atoms with Crippen LogP contribution in [0.2, 0.25) is 5.02 Å². The highest BCUT2D eigenvalue weighted by Crippen LogP contribution is 2.10. The van der Waals surface area contributed by atoms with Crippen molar-refractivity contribution in [3.63, 3.8) is 0 Å². The first-order valence-corrected chi connectivity index (χ1v) is 5.93. The Kier molecular flexibility index (Phi) is 4.21. The van der Waals surface area contributed by atoms with Gasteiger partial charge in [0, 0.05) is 5.02 Å². The highest BCUT2D eigenvalue weighted by Gasteiger charge is 1.87. The lowest BCUT2D eigenvalue weighted by Crippen LogP contribution is -1.76. The van der Waals surface area contributed by atoms with Gasteiger partial charge < -0.3 is 0 Å². The summed E-state index contributed by atoms with van der Waals surface area (Å²) < 4.78 is 0. The average Bonchev–Trinajstić information content (AvgIpc) is 2.38. The van der Waals surface area contributed by atoms with Crippen LogP contribution in [0.15, 0.2) is 66.4 Å². The SMILES string of the molecule is Clc1ccc(C=C=CCc2ccccc2)cc1. The molecule has 2 aromatic carbocycles. The molecule has 0 saturated carbocycles. The van der Waals surface area contributed by atoms with Crippen LogP contribution in [0.4, 0.5) is 0 Å². The Labute approximate surface area is 107 Å².